The summed E-state index contributed by atoms with van der Waals surface area (Å²) in [6.45, 7) is 6.62. The molecule has 0 radical (unpaired) electrons. The third-order valence-electron chi connectivity index (χ3n) is 3.49. The summed E-state index contributed by atoms with van der Waals surface area (Å²) in [6.07, 6.45) is 4.34. The quantitative estimate of drug-likeness (QED) is 0.802. The molecule has 1 heterocycles. The fourth-order valence-electron chi connectivity index (χ4n) is 2.30. The molecule has 0 unspecified atom stereocenters. The van der Waals surface area contributed by atoms with Gasteiger partial charge < -0.3 is 10.2 Å². The fraction of sp³-hybridized carbons (Fsp3) is 0.714. The van der Waals surface area contributed by atoms with Gasteiger partial charge in [-0.05, 0) is 44.5 Å². The number of nitrogens with zero attached hydrogens (tertiary/aromatic N) is 1. The molecule has 1 aliphatic carbocycles. The molecule has 0 spiro atoms. The monoisotopic (exact) mass is 252 g/mol. The lowest BCUT2D eigenvalue weighted by Crippen LogP contribution is -2.28. The maximum atomic E-state index is 3.38. The van der Waals surface area contributed by atoms with E-state index >= 15 is 0 Å². The van der Waals surface area contributed by atoms with Crippen molar-refractivity contribution in [1.82, 2.24) is 10.2 Å². The van der Waals surface area contributed by atoms with Crippen LogP contribution in [0.15, 0.2) is 12.1 Å². The van der Waals surface area contributed by atoms with Crippen LogP contribution < -0.4 is 5.32 Å². The first kappa shape index (κ1) is 13.1. The Bertz CT molecular complexity index is 331. The minimum Gasteiger partial charge on any atom is -0.312 e. The SMILES string of the molecule is CCNCc1ccc(CN(C)CC2CCC2)s1. The van der Waals surface area contributed by atoms with Crippen LogP contribution in [-0.4, -0.2) is 25.0 Å². The molecular formula is C14H24N2S. The third kappa shape index (κ3) is 4.09. The lowest BCUT2D eigenvalue weighted by molar-refractivity contribution is 0.201. The van der Waals surface area contributed by atoms with Gasteiger partial charge in [-0.15, -0.1) is 11.3 Å². The van der Waals surface area contributed by atoms with Gasteiger partial charge >= 0.3 is 0 Å². The van der Waals surface area contributed by atoms with Crippen molar-refractivity contribution in [3.05, 3.63) is 21.9 Å². The summed E-state index contributed by atoms with van der Waals surface area (Å²) in [6, 6.07) is 4.55. The van der Waals surface area contributed by atoms with Crippen LogP contribution in [0.2, 0.25) is 0 Å². The average Bonchev–Trinajstić information content (AvgIpc) is 2.68. The maximum Gasteiger partial charge on any atom is 0.0325 e. The van der Waals surface area contributed by atoms with Crippen molar-refractivity contribution in [2.45, 2.75) is 39.3 Å². The summed E-state index contributed by atoms with van der Waals surface area (Å²) in [5.41, 5.74) is 0. The van der Waals surface area contributed by atoms with Crippen molar-refractivity contribution in [3.63, 3.8) is 0 Å². The summed E-state index contributed by atoms with van der Waals surface area (Å²) < 4.78 is 0. The molecule has 0 amide bonds. The van der Waals surface area contributed by atoms with E-state index in [2.05, 4.69) is 36.3 Å². The molecule has 1 fully saturated rings. The zero-order chi connectivity index (χ0) is 12.1. The predicted octanol–water partition coefficient (Wildman–Crippen LogP) is 3.09. The fourth-order valence-corrected chi connectivity index (χ4v) is 3.37. The van der Waals surface area contributed by atoms with Crippen LogP contribution in [0.3, 0.4) is 0 Å². The molecule has 1 aromatic rings. The summed E-state index contributed by atoms with van der Waals surface area (Å²) in [5, 5.41) is 3.38. The molecule has 0 aromatic carbocycles. The molecule has 0 saturated heterocycles. The van der Waals surface area contributed by atoms with Gasteiger partial charge in [0.15, 0.2) is 0 Å². The van der Waals surface area contributed by atoms with Gasteiger partial charge in [-0.3, -0.25) is 0 Å². The van der Waals surface area contributed by atoms with Gasteiger partial charge in [-0.25, -0.2) is 0 Å². The van der Waals surface area contributed by atoms with Crippen LogP contribution in [0, 0.1) is 5.92 Å². The smallest absolute Gasteiger partial charge is 0.0325 e. The number of hydrogen-bond donors (Lipinski definition) is 1. The van der Waals surface area contributed by atoms with Gasteiger partial charge in [-0.1, -0.05) is 13.3 Å². The molecule has 1 aromatic heterocycles. The minimum atomic E-state index is 0.973. The van der Waals surface area contributed by atoms with Crippen molar-refractivity contribution in [2.24, 2.45) is 5.92 Å². The van der Waals surface area contributed by atoms with E-state index in [0.29, 0.717) is 0 Å². The van der Waals surface area contributed by atoms with Crippen molar-refractivity contribution >= 4 is 11.3 Å². The van der Waals surface area contributed by atoms with Crippen LogP contribution in [0.5, 0.6) is 0 Å². The van der Waals surface area contributed by atoms with Crippen molar-refractivity contribution in [2.75, 3.05) is 20.1 Å². The first-order chi connectivity index (χ1) is 8.28. The van der Waals surface area contributed by atoms with E-state index in [1.807, 2.05) is 11.3 Å². The van der Waals surface area contributed by atoms with E-state index in [9.17, 15) is 0 Å². The summed E-state index contributed by atoms with van der Waals surface area (Å²) >= 11 is 1.95. The number of hydrogen-bond acceptors (Lipinski definition) is 3. The third-order valence-corrected chi connectivity index (χ3v) is 4.56. The summed E-state index contributed by atoms with van der Waals surface area (Å²) in [7, 11) is 2.25. The second kappa shape index (κ2) is 6.53. The van der Waals surface area contributed by atoms with Gasteiger partial charge in [0.05, 0.1) is 0 Å². The highest BCUT2D eigenvalue weighted by molar-refractivity contribution is 7.11. The van der Waals surface area contributed by atoms with Gasteiger partial charge in [0, 0.05) is 29.4 Å². The van der Waals surface area contributed by atoms with Gasteiger partial charge in [0.1, 0.15) is 0 Å². The molecule has 0 aliphatic heterocycles. The molecule has 17 heavy (non-hydrogen) atoms. The molecule has 96 valence electrons. The Hall–Kier alpha value is -0.380. The average molecular weight is 252 g/mol. The van der Waals surface area contributed by atoms with Crippen molar-refractivity contribution in [1.29, 1.82) is 0 Å². The van der Waals surface area contributed by atoms with Gasteiger partial charge in [0.2, 0.25) is 0 Å². The molecule has 3 heteroatoms. The molecule has 2 nitrogen and oxygen atoms in total. The number of nitrogens with one attached hydrogen (secondary N) is 1. The normalized spacial score (nSPS) is 16.4. The first-order valence-electron chi connectivity index (χ1n) is 6.74. The molecule has 1 aliphatic rings. The van der Waals surface area contributed by atoms with Crippen molar-refractivity contribution < 1.29 is 0 Å². The summed E-state index contributed by atoms with van der Waals surface area (Å²) in [5.74, 6) is 0.973. The number of thiophene rings is 1. The second-order valence-corrected chi connectivity index (χ2v) is 6.39. The molecule has 0 bridgehead atoms. The van der Waals surface area contributed by atoms with Crippen LogP contribution in [0.1, 0.15) is 35.9 Å². The Labute approximate surface area is 109 Å². The highest BCUT2D eigenvalue weighted by atomic mass is 32.1. The van der Waals surface area contributed by atoms with E-state index in [0.717, 1.165) is 25.6 Å². The highest BCUT2D eigenvalue weighted by Crippen LogP contribution is 2.27. The van der Waals surface area contributed by atoms with Gasteiger partial charge in [0.25, 0.3) is 0 Å². The molecule has 0 atom stereocenters. The Morgan fingerprint density at radius 1 is 1.35 bits per heavy atom. The van der Waals surface area contributed by atoms with E-state index in [1.54, 1.807) is 0 Å². The molecule has 1 N–H and O–H groups in total. The van der Waals surface area contributed by atoms with Crippen LogP contribution >= 0.6 is 11.3 Å². The standard InChI is InChI=1S/C14H24N2S/c1-3-15-9-13-7-8-14(17-13)11-16(2)10-12-5-4-6-12/h7-8,12,15H,3-6,9-11H2,1-2H3. The Kier molecular flexibility index (Phi) is 5.01. The van der Waals surface area contributed by atoms with E-state index < -0.39 is 0 Å². The lowest BCUT2D eigenvalue weighted by Gasteiger charge is -2.29. The topological polar surface area (TPSA) is 15.3 Å². The first-order valence-corrected chi connectivity index (χ1v) is 7.56. The molecule has 2 rings (SSSR count). The number of rotatable bonds is 7. The van der Waals surface area contributed by atoms with Crippen molar-refractivity contribution in [3.8, 4) is 0 Å². The second-order valence-electron chi connectivity index (χ2n) is 5.14. The zero-order valence-electron chi connectivity index (χ0n) is 11.0. The maximum absolute atomic E-state index is 3.38. The van der Waals surface area contributed by atoms with Crippen LogP contribution in [0.25, 0.3) is 0 Å². The van der Waals surface area contributed by atoms with Crippen LogP contribution in [0.4, 0.5) is 0 Å². The summed E-state index contributed by atoms with van der Waals surface area (Å²) in [4.78, 5) is 5.44. The predicted molar refractivity (Wildman–Crippen MR) is 75.4 cm³/mol. The van der Waals surface area contributed by atoms with Gasteiger partial charge in [-0.2, -0.15) is 0 Å². The molecular weight excluding hydrogens is 228 g/mol. The highest BCUT2D eigenvalue weighted by Gasteiger charge is 2.19. The zero-order valence-corrected chi connectivity index (χ0v) is 11.9. The largest absolute Gasteiger partial charge is 0.312 e. The Morgan fingerprint density at radius 3 is 2.76 bits per heavy atom. The van der Waals surface area contributed by atoms with E-state index in [-0.39, 0.29) is 0 Å². The van der Waals surface area contributed by atoms with E-state index in [1.165, 1.54) is 35.6 Å². The van der Waals surface area contributed by atoms with E-state index in [4.69, 9.17) is 0 Å². The Balaban J connectivity index is 1.74. The molecule has 1 saturated carbocycles. The minimum absolute atomic E-state index is 0.973. The Morgan fingerprint density at radius 2 is 2.12 bits per heavy atom. The lowest BCUT2D eigenvalue weighted by atomic mass is 9.85. The van der Waals surface area contributed by atoms with Crippen LogP contribution in [-0.2, 0) is 13.1 Å².